The number of ether oxygens (including phenoxy) is 2. The lowest BCUT2D eigenvalue weighted by Crippen LogP contribution is -2.49. The molecule has 4 N–H and O–H groups in total. The summed E-state index contributed by atoms with van der Waals surface area (Å²) in [4.78, 5) is 37.0. The van der Waals surface area contributed by atoms with Gasteiger partial charge in [-0.05, 0) is 111 Å². The minimum atomic E-state index is -4.56. The third-order valence-electron chi connectivity index (χ3n) is 12.2. The Bertz CT molecular complexity index is 2490. The first kappa shape index (κ1) is 42.4. The van der Waals surface area contributed by atoms with E-state index in [1.165, 1.54) is 30.0 Å². The monoisotopic (exact) mass is 871 g/mol. The van der Waals surface area contributed by atoms with Crippen molar-refractivity contribution in [1.29, 1.82) is 0 Å². The van der Waals surface area contributed by atoms with E-state index < -0.39 is 37.0 Å². The Morgan fingerprint density at radius 3 is 2.57 bits per heavy atom. The van der Waals surface area contributed by atoms with Gasteiger partial charge in [-0.15, -0.1) is 0 Å². The van der Waals surface area contributed by atoms with Gasteiger partial charge in [0.15, 0.2) is 0 Å². The summed E-state index contributed by atoms with van der Waals surface area (Å²) in [6, 6.07) is 20.2. The Hall–Kier alpha value is -5.26. The van der Waals surface area contributed by atoms with Crippen molar-refractivity contribution < 1.29 is 32.7 Å². The smallest absolute Gasteiger partial charge is 0.293 e. The number of nitro benzene ring substituents is 1. The summed E-state index contributed by atoms with van der Waals surface area (Å²) >= 11 is 6.20. The van der Waals surface area contributed by atoms with Gasteiger partial charge >= 0.3 is 0 Å². The topological polar surface area (TPSA) is 192 Å². The Morgan fingerprint density at radius 1 is 1.05 bits per heavy atom. The van der Waals surface area contributed by atoms with Crippen molar-refractivity contribution in [3.63, 3.8) is 0 Å². The quantitative estimate of drug-likeness (QED) is 0.0682. The van der Waals surface area contributed by atoms with Gasteiger partial charge in [0.1, 0.15) is 22.8 Å². The van der Waals surface area contributed by atoms with E-state index in [9.17, 15) is 28.4 Å². The molecular weight excluding hydrogens is 822 g/mol. The van der Waals surface area contributed by atoms with Crippen LogP contribution in [0.15, 0.2) is 90.1 Å². The van der Waals surface area contributed by atoms with Crippen molar-refractivity contribution in [1.82, 2.24) is 19.6 Å². The zero-order chi connectivity index (χ0) is 42.7. The molecule has 8 rings (SSSR count). The number of anilines is 2. The number of benzene rings is 3. The molecule has 322 valence electrons. The van der Waals surface area contributed by atoms with Crippen molar-refractivity contribution in [3.8, 4) is 11.5 Å². The number of pyridine rings is 1. The van der Waals surface area contributed by atoms with Crippen molar-refractivity contribution in [3.05, 3.63) is 111 Å². The predicted molar refractivity (Wildman–Crippen MR) is 233 cm³/mol. The maximum atomic E-state index is 13.9. The molecule has 2 aliphatic heterocycles. The normalized spacial score (nSPS) is 21.6. The number of aromatic amines is 1. The molecule has 61 heavy (non-hydrogen) atoms. The fraction of sp³-hybridized carbons (Fsp3) is 0.409. The molecular formula is C44H50ClN7O8S. The number of carbonyl (C=O) groups excluding carboxylic acids is 1. The third kappa shape index (κ3) is 10.1. The minimum absolute atomic E-state index is 0.0537. The van der Waals surface area contributed by atoms with Gasteiger partial charge in [0.05, 0.1) is 27.2 Å². The van der Waals surface area contributed by atoms with Crippen LogP contribution in [0.1, 0.15) is 60.9 Å². The van der Waals surface area contributed by atoms with E-state index in [0.29, 0.717) is 61.6 Å². The number of hydrogen-bond donors (Lipinski definition) is 4. The molecule has 5 aromatic rings. The molecule has 1 saturated carbocycles. The molecule has 0 spiro atoms. The highest BCUT2D eigenvalue weighted by molar-refractivity contribution is 7.90. The molecule has 15 nitrogen and oxygen atoms in total. The number of nitro groups is 1. The van der Waals surface area contributed by atoms with Crippen LogP contribution in [0.2, 0.25) is 5.02 Å². The van der Waals surface area contributed by atoms with Gasteiger partial charge in [-0.1, -0.05) is 23.7 Å². The predicted octanol–water partition coefficient (Wildman–Crippen LogP) is 7.33. The Balaban J connectivity index is 0.991. The molecule has 1 amide bonds. The Morgan fingerprint density at radius 2 is 1.82 bits per heavy atom. The standard InChI is InChI=1S/C44H50ClN7O8S/c1-44(54)14-10-37(30-2-4-33(45)5-3-30)32(25-44)28-50-16-18-51(19-17-50)34-6-8-38(41(23-34)60-35-22-31-11-15-46-42(31)48-27-35)43(53)49-61(57,58)36-7-9-39(40(24-36)52(55)56)47-26-29-12-20-59-21-13-29/h2-9,11,15,22-24,27,29,32,37,47,54H,10,12-14,16-21,25-26,28H2,1H3,(H,46,48)(H,49,53)/t32-,37-,44?/m1/s1. The molecule has 3 aromatic carbocycles. The van der Waals surface area contributed by atoms with Crippen molar-refractivity contribution >= 4 is 55.6 Å². The van der Waals surface area contributed by atoms with Crippen LogP contribution in [0.5, 0.6) is 11.5 Å². The first-order chi connectivity index (χ1) is 29.3. The lowest BCUT2D eigenvalue weighted by Gasteiger charge is -2.44. The second-order valence-corrected chi connectivity index (χ2v) is 18.7. The highest BCUT2D eigenvalue weighted by Gasteiger charge is 2.38. The van der Waals surface area contributed by atoms with E-state index in [2.05, 4.69) is 41.9 Å². The molecule has 17 heteroatoms. The number of aromatic nitrogens is 2. The molecule has 0 radical (unpaired) electrons. The second-order valence-electron chi connectivity index (χ2n) is 16.6. The number of rotatable bonds is 13. The number of halogens is 1. The van der Waals surface area contributed by atoms with Crippen LogP contribution >= 0.6 is 11.6 Å². The zero-order valence-corrected chi connectivity index (χ0v) is 35.5. The van der Waals surface area contributed by atoms with E-state index in [-0.39, 0.29) is 28.8 Å². The number of H-pyrrole nitrogens is 1. The Labute approximate surface area is 359 Å². The number of piperazine rings is 1. The summed E-state index contributed by atoms with van der Waals surface area (Å²) in [5.41, 5.74) is 1.67. The first-order valence-corrected chi connectivity index (χ1v) is 22.5. The average molecular weight is 872 g/mol. The first-order valence-electron chi connectivity index (χ1n) is 20.7. The highest BCUT2D eigenvalue weighted by atomic mass is 35.5. The number of hydrogen-bond acceptors (Lipinski definition) is 12. The maximum Gasteiger partial charge on any atom is 0.293 e. The maximum absolute atomic E-state index is 13.9. The van der Waals surface area contributed by atoms with Crippen LogP contribution in [0.25, 0.3) is 11.0 Å². The van der Waals surface area contributed by atoms with Crippen LogP contribution in [-0.4, -0.2) is 97.3 Å². The average Bonchev–Trinajstić information content (AvgIpc) is 3.72. The van der Waals surface area contributed by atoms with Gasteiger partial charge in [-0.25, -0.2) is 18.1 Å². The molecule has 1 unspecified atom stereocenters. The van der Waals surface area contributed by atoms with Crippen LogP contribution in [0.3, 0.4) is 0 Å². The summed E-state index contributed by atoms with van der Waals surface area (Å²) < 4.78 is 41.1. The van der Waals surface area contributed by atoms with Gasteiger partial charge < -0.3 is 29.8 Å². The van der Waals surface area contributed by atoms with E-state index in [1.807, 2.05) is 25.1 Å². The van der Waals surface area contributed by atoms with Gasteiger partial charge in [0, 0.05) is 86.9 Å². The van der Waals surface area contributed by atoms with E-state index in [4.69, 9.17) is 21.1 Å². The van der Waals surface area contributed by atoms with Crippen LogP contribution in [-0.2, 0) is 14.8 Å². The molecule has 2 saturated heterocycles. The number of aliphatic hydroxyl groups is 1. The largest absolute Gasteiger partial charge is 0.455 e. The third-order valence-corrected chi connectivity index (χ3v) is 13.8. The summed E-state index contributed by atoms with van der Waals surface area (Å²) in [7, 11) is -4.56. The van der Waals surface area contributed by atoms with Gasteiger partial charge in [0.25, 0.3) is 21.6 Å². The lowest BCUT2D eigenvalue weighted by molar-refractivity contribution is -0.384. The number of nitrogens with zero attached hydrogens (tertiary/aromatic N) is 4. The van der Waals surface area contributed by atoms with Crippen molar-refractivity contribution in [2.24, 2.45) is 11.8 Å². The molecule has 0 bridgehead atoms. The fourth-order valence-corrected chi connectivity index (χ4v) is 9.99. The van der Waals surface area contributed by atoms with Crippen LogP contribution in [0, 0.1) is 22.0 Å². The molecule has 3 atom stereocenters. The number of sulfonamides is 1. The zero-order valence-electron chi connectivity index (χ0n) is 33.9. The Kier molecular flexibility index (Phi) is 12.5. The number of amides is 1. The summed E-state index contributed by atoms with van der Waals surface area (Å²) in [5, 5.41) is 27.7. The van der Waals surface area contributed by atoms with Gasteiger partial charge in [0.2, 0.25) is 0 Å². The number of fused-ring (bicyclic) bond motifs is 1. The second kappa shape index (κ2) is 18.0. The summed E-state index contributed by atoms with van der Waals surface area (Å²) in [5.74, 6) is 0.327. The minimum Gasteiger partial charge on any atom is -0.455 e. The summed E-state index contributed by atoms with van der Waals surface area (Å²) in [6.07, 6.45) is 7.25. The lowest BCUT2D eigenvalue weighted by atomic mass is 9.69. The molecule has 1 aliphatic carbocycles. The summed E-state index contributed by atoms with van der Waals surface area (Å²) in [6.45, 7) is 7.40. The molecule has 3 fully saturated rings. The fourth-order valence-electron chi connectivity index (χ4n) is 8.87. The van der Waals surface area contributed by atoms with Crippen LogP contribution in [0.4, 0.5) is 17.1 Å². The molecule has 4 heterocycles. The number of carbonyl (C=O) groups is 1. The molecule has 3 aliphatic rings. The molecule has 2 aromatic heterocycles. The van der Waals surface area contributed by atoms with Gasteiger partial charge in [-0.2, -0.15) is 0 Å². The van der Waals surface area contributed by atoms with Crippen molar-refractivity contribution in [2.45, 2.75) is 55.4 Å². The van der Waals surface area contributed by atoms with Crippen LogP contribution < -0.4 is 19.7 Å². The van der Waals surface area contributed by atoms with E-state index >= 15 is 0 Å². The van der Waals surface area contributed by atoms with Gasteiger partial charge in [-0.3, -0.25) is 19.8 Å². The SMILES string of the molecule is CC1(O)CC[C@H](c2ccc(Cl)cc2)[C@@H](CN2CCN(c3ccc(C(=O)NS(=O)(=O)c4ccc(NCC5CCOCC5)c([N+](=O)[O-])c4)c(Oc4cnc5[nH]ccc5c4)c3)CC2)C1. The van der Waals surface area contributed by atoms with E-state index in [0.717, 1.165) is 62.5 Å². The van der Waals surface area contributed by atoms with Crippen molar-refractivity contribution in [2.75, 3.05) is 62.7 Å². The number of nitrogens with one attached hydrogen (secondary N) is 3. The highest BCUT2D eigenvalue weighted by Crippen LogP contribution is 2.43. The van der Waals surface area contributed by atoms with E-state index in [1.54, 1.807) is 24.4 Å².